The summed E-state index contributed by atoms with van der Waals surface area (Å²) in [5, 5.41) is 23.4. The number of halogens is 1. The number of carboxylic acids is 1. The molecule has 0 bridgehead atoms. The molecule has 35 heavy (non-hydrogen) atoms. The Morgan fingerprint density at radius 3 is 2.20 bits per heavy atom. The maximum atomic E-state index is 13.8. The second-order valence-electron chi connectivity index (χ2n) is 9.04. The van der Waals surface area contributed by atoms with Crippen molar-refractivity contribution in [1.82, 2.24) is 10.2 Å². The molecule has 2 saturated heterocycles. The number of phenols is 1. The van der Waals surface area contributed by atoms with Crippen molar-refractivity contribution >= 4 is 33.7 Å². The molecule has 0 aliphatic carbocycles. The van der Waals surface area contributed by atoms with E-state index in [9.17, 15) is 24.6 Å². The summed E-state index contributed by atoms with van der Waals surface area (Å²) in [6.07, 6.45) is -0.0188. The molecular weight excluding hydrogens is 512 g/mol. The van der Waals surface area contributed by atoms with Gasteiger partial charge < -0.3 is 10.2 Å². The first-order valence-corrected chi connectivity index (χ1v) is 12.0. The Bertz CT molecular complexity index is 1280. The molecule has 2 amide bonds. The lowest BCUT2D eigenvalue weighted by Gasteiger charge is -2.31. The SMILES string of the molecule is O=C1C2C(c3ccc(Br)cc3)NC(Cc3ccc(O)cc3)(C(=O)O)C2C(=O)N1Cc1ccccc1. The van der Waals surface area contributed by atoms with E-state index in [4.69, 9.17) is 0 Å². The third kappa shape index (κ3) is 4.02. The van der Waals surface area contributed by atoms with Gasteiger partial charge in [0.25, 0.3) is 0 Å². The average molecular weight is 535 g/mol. The maximum Gasteiger partial charge on any atom is 0.325 e. The normalized spacial score (nSPS) is 25.6. The van der Waals surface area contributed by atoms with Crippen LogP contribution in [0.3, 0.4) is 0 Å². The Hall–Kier alpha value is -3.49. The standard InChI is InChI=1S/C27H23BrN2O5/c28-19-10-8-18(9-11-19)23-21-22(25(33)30(24(21)32)15-17-4-2-1-3-5-17)27(29-23,26(34)35)14-16-6-12-20(31)13-7-16/h1-13,21-23,29,31H,14-15H2,(H,34,35). The van der Waals surface area contributed by atoms with E-state index in [1.165, 1.54) is 17.0 Å². The fraction of sp³-hybridized carbons (Fsp3) is 0.222. The number of amides is 2. The van der Waals surface area contributed by atoms with Gasteiger partial charge in [-0.3, -0.25) is 24.6 Å². The first-order valence-electron chi connectivity index (χ1n) is 11.2. The van der Waals surface area contributed by atoms with Gasteiger partial charge in [-0.2, -0.15) is 0 Å². The maximum absolute atomic E-state index is 13.8. The Morgan fingerprint density at radius 1 is 0.914 bits per heavy atom. The molecule has 3 N–H and O–H groups in total. The highest BCUT2D eigenvalue weighted by Crippen LogP contribution is 2.50. The molecule has 2 aliphatic rings. The minimum atomic E-state index is -1.70. The smallest absolute Gasteiger partial charge is 0.325 e. The summed E-state index contributed by atoms with van der Waals surface area (Å²) in [4.78, 5) is 41.5. The number of nitrogens with zero attached hydrogens (tertiary/aromatic N) is 1. The van der Waals surface area contributed by atoms with Crippen molar-refractivity contribution in [2.75, 3.05) is 0 Å². The molecule has 4 unspecified atom stereocenters. The van der Waals surface area contributed by atoms with Gasteiger partial charge in [-0.25, -0.2) is 0 Å². The van der Waals surface area contributed by atoms with Gasteiger partial charge in [-0.15, -0.1) is 0 Å². The molecule has 3 aromatic carbocycles. The molecule has 0 aromatic heterocycles. The summed E-state index contributed by atoms with van der Waals surface area (Å²) >= 11 is 3.41. The predicted octanol–water partition coefficient (Wildman–Crippen LogP) is 3.67. The van der Waals surface area contributed by atoms with Crippen LogP contribution in [0.4, 0.5) is 0 Å². The van der Waals surface area contributed by atoms with Crippen molar-refractivity contribution in [2.45, 2.75) is 24.5 Å². The molecule has 2 heterocycles. The van der Waals surface area contributed by atoms with Crippen LogP contribution < -0.4 is 5.32 Å². The van der Waals surface area contributed by atoms with Crippen LogP contribution >= 0.6 is 15.9 Å². The lowest BCUT2D eigenvalue weighted by atomic mass is 9.76. The van der Waals surface area contributed by atoms with Crippen LogP contribution in [0.2, 0.25) is 0 Å². The number of phenolic OH excluding ortho intramolecular Hbond substituents is 1. The topological polar surface area (TPSA) is 107 Å². The second kappa shape index (κ2) is 8.94. The summed E-state index contributed by atoms with van der Waals surface area (Å²) in [7, 11) is 0. The van der Waals surface area contributed by atoms with Crippen LogP contribution in [0.25, 0.3) is 0 Å². The Labute approximate surface area is 210 Å². The number of aliphatic carboxylic acids is 1. The van der Waals surface area contributed by atoms with E-state index in [1.807, 2.05) is 54.6 Å². The van der Waals surface area contributed by atoms with Gasteiger partial charge in [0.05, 0.1) is 18.4 Å². The number of carboxylic acid groups (broad SMARTS) is 1. The minimum Gasteiger partial charge on any atom is -0.508 e. The van der Waals surface area contributed by atoms with Crippen molar-refractivity contribution in [1.29, 1.82) is 0 Å². The van der Waals surface area contributed by atoms with Crippen molar-refractivity contribution in [3.05, 3.63) is 100 Å². The second-order valence-corrected chi connectivity index (χ2v) is 9.96. The number of aromatic hydroxyl groups is 1. The molecule has 7 nitrogen and oxygen atoms in total. The van der Waals surface area contributed by atoms with Gasteiger partial charge in [0.2, 0.25) is 11.8 Å². The van der Waals surface area contributed by atoms with E-state index in [0.29, 0.717) is 5.56 Å². The zero-order valence-corrected chi connectivity index (χ0v) is 20.2. The van der Waals surface area contributed by atoms with Crippen LogP contribution in [0, 0.1) is 11.8 Å². The van der Waals surface area contributed by atoms with Crippen molar-refractivity contribution in [3.63, 3.8) is 0 Å². The minimum absolute atomic E-state index is 0.0188. The van der Waals surface area contributed by atoms with Gasteiger partial charge in [-0.1, -0.05) is 70.5 Å². The highest BCUT2D eigenvalue weighted by Gasteiger charge is 2.68. The third-order valence-electron chi connectivity index (χ3n) is 6.96. The molecule has 4 atom stereocenters. The van der Waals surface area contributed by atoms with Crippen LogP contribution in [0.5, 0.6) is 5.75 Å². The quantitative estimate of drug-likeness (QED) is 0.416. The molecular formula is C27H23BrN2O5. The van der Waals surface area contributed by atoms with Gasteiger partial charge in [0.15, 0.2) is 0 Å². The number of carbonyl (C=O) groups excluding carboxylic acids is 2. The molecule has 2 aliphatic heterocycles. The lowest BCUT2D eigenvalue weighted by Crippen LogP contribution is -2.57. The Kier molecular flexibility index (Phi) is 5.94. The fourth-order valence-electron chi connectivity index (χ4n) is 5.31. The average Bonchev–Trinajstić information content (AvgIpc) is 3.32. The van der Waals surface area contributed by atoms with Gasteiger partial charge >= 0.3 is 5.97 Å². The van der Waals surface area contributed by atoms with E-state index in [0.717, 1.165) is 15.6 Å². The molecule has 8 heteroatoms. The van der Waals surface area contributed by atoms with E-state index in [-0.39, 0.29) is 24.6 Å². The Balaban J connectivity index is 1.60. The summed E-state index contributed by atoms with van der Waals surface area (Å²) in [6.45, 7) is 0.0907. The van der Waals surface area contributed by atoms with E-state index in [1.54, 1.807) is 12.1 Å². The number of fused-ring (bicyclic) bond motifs is 1. The van der Waals surface area contributed by atoms with Crippen LogP contribution in [0.15, 0.2) is 83.3 Å². The van der Waals surface area contributed by atoms with E-state index >= 15 is 0 Å². The van der Waals surface area contributed by atoms with E-state index < -0.39 is 35.3 Å². The molecule has 3 aromatic rings. The molecule has 178 valence electrons. The number of hydrogen-bond acceptors (Lipinski definition) is 5. The number of nitrogens with one attached hydrogen (secondary N) is 1. The summed E-state index contributed by atoms with van der Waals surface area (Å²) in [6, 6.07) is 22.1. The highest BCUT2D eigenvalue weighted by atomic mass is 79.9. The van der Waals surface area contributed by atoms with Crippen molar-refractivity contribution < 1.29 is 24.6 Å². The van der Waals surface area contributed by atoms with Gasteiger partial charge in [0.1, 0.15) is 11.3 Å². The van der Waals surface area contributed by atoms with Crippen LogP contribution in [0.1, 0.15) is 22.7 Å². The van der Waals surface area contributed by atoms with Crippen molar-refractivity contribution in [2.24, 2.45) is 11.8 Å². The Morgan fingerprint density at radius 2 is 1.57 bits per heavy atom. The fourth-order valence-corrected chi connectivity index (χ4v) is 5.58. The number of imide groups is 1. The number of likely N-dealkylation sites (tertiary alicyclic amines) is 1. The molecule has 5 rings (SSSR count). The highest BCUT2D eigenvalue weighted by molar-refractivity contribution is 9.10. The van der Waals surface area contributed by atoms with Crippen LogP contribution in [-0.4, -0.2) is 38.4 Å². The molecule has 0 radical (unpaired) electrons. The monoisotopic (exact) mass is 534 g/mol. The summed E-state index contributed by atoms with van der Waals surface area (Å²) in [5.74, 6) is -3.94. The zero-order valence-electron chi connectivity index (χ0n) is 18.6. The predicted molar refractivity (Wildman–Crippen MR) is 131 cm³/mol. The number of carbonyl (C=O) groups is 3. The zero-order chi connectivity index (χ0) is 24.7. The largest absolute Gasteiger partial charge is 0.508 e. The van der Waals surface area contributed by atoms with Crippen LogP contribution in [-0.2, 0) is 27.3 Å². The van der Waals surface area contributed by atoms with Gasteiger partial charge in [0, 0.05) is 16.9 Å². The molecule has 0 spiro atoms. The van der Waals surface area contributed by atoms with Crippen molar-refractivity contribution in [3.8, 4) is 5.75 Å². The number of hydrogen-bond donors (Lipinski definition) is 3. The first-order chi connectivity index (χ1) is 16.8. The van der Waals surface area contributed by atoms with Gasteiger partial charge in [-0.05, 0) is 41.0 Å². The first kappa shape index (κ1) is 23.3. The number of benzene rings is 3. The molecule has 0 saturated carbocycles. The number of rotatable bonds is 6. The summed E-state index contributed by atoms with van der Waals surface area (Å²) < 4.78 is 0.851. The summed E-state index contributed by atoms with van der Waals surface area (Å²) in [5.41, 5.74) is 0.466. The molecule has 2 fully saturated rings. The van der Waals surface area contributed by atoms with E-state index in [2.05, 4.69) is 21.2 Å². The third-order valence-corrected chi connectivity index (χ3v) is 7.49. The lowest BCUT2D eigenvalue weighted by molar-refractivity contribution is -0.151.